The molecule has 5 N–H and O–H groups in total. The maximum Gasteiger partial charge on any atom is 0.319 e. The smallest absolute Gasteiger partial charge is 0.319 e. The molecule has 0 bridgehead atoms. The molecule has 0 amide bonds. The Morgan fingerprint density at radius 2 is 2.17 bits per heavy atom. The summed E-state index contributed by atoms with van der Waals surface area (Å²) in [6.07, 6.45) is -0.444. The molecule has 6 heteroatoms. The van der Waals surface area contributed by atoms with Crippen molar-refractivity contribution in [3.63, 3.8) is 0 Å². The molecule has 0 aromatic rings. The first-order valence-electron chi connectivity index (χ1n) is 3.60. The van der Waals surface area contributed by atoms with Crippen molar-refractivity contribution in [2.24, 2.45) is 5.73 Å². The zero-order valence-electron chi connectivity index (χ0n) is 6.56. The number of carboxylic acid groups (broad SMARTS) is 1. The van der Waals surface area contributed by atoms with Crippen LogP contribution < -0.4 is 11.2 Å². The minimum atomic E-state index is -1.21. The molecule has 0 heterocycles. The summed E-state index contributed by atoms with van der Waals surface area (Å²) in [5.74, 6) is -1.21. The van der Waals surface area contributed by atoms with Gasteiger partial charge in [0.25, 0.3) is 0 Å². The molecule has 2 atom stereocenters. The van der Waals surface area contributed by atoms with Gasteiger partial charge in [-0.05, 0) is 12.8 Å². The van der Waals surface area contributed by atoms with E-state index >= 15 is 0 Å². The van der Waals surface area contributed by atoms with Gasteiger partial charge in [-0.2, -0.15) is 0 Å². The number of nitrogens with one attached hydrogen (secondary N) is 1. The lowest BCUT2D eigenvalue weighted by Crippen LogP contribution is -2.34. The zero-order chi connectivity index (χ0) is 9.56. The van der Waals surface area contributed by atoms with E-state index < -0.39 is 18.1 Å². The SMILES string of the molecule is NC[C@H](O)CC[C@H](N[O-])C(=O)O. The largest absolute Gasteiger partial charge is 0.787 e. The number of aliphatic carboxylic acids is 1. The first-order chi connectivity index (χ1) is 5.61. The van der Waals surface area contributed by atoms with Gasteiger partial charge in [0.15, 0.2) is 0 Å². The van der Waals surface area contributed by atoms with Gasteiger partial charge in [0.2, 0.25) is 0 Å². The van der Waals surface area contributed by atoms with Crippen LogP contribution >= 0.6 is 0 Å². The third-order valence-corrected chi connectivity index (χ3v) is 1.50. The Kier molecular flexibility index (Phi) is 5.56. The van der Waals surface area contributed by atoms with E-state index in [2.05, 4.69) is 0 Å². The third kappa shape index (κ3) is 4.24. The molecule has 0 saturated carbocycles. The predicted molar refractivity (Wildman–Crippen MR) is 42.2 cm³/mol. The molecule has 0 spiro atoms. The van der Waals surface area contributed by atoms with Crippen molar-refractivity contribution in [2.75, 3.05) is 6.54 Å². The predicted octanol–water partition coefficient (Wildman–Crippen LogP) is -1.37. The van der Waals surface area contributed by atoms with Crippen LogP contribution in [0.3, 0.4) is 0 Å². The maximum absolute atomic E-state index is 10.3. The van der Waals surface area contributed by atoms with E-state index in [1.54, 1.807) is 0 Å². The minimum Gasteiger partial charge on any atom is -0.787 e. The number of rotatable bonds is 6. The van der Waals surface area contributed by atoms with Gasteiger partial charge in [0, 0.05) is 6.54 Å². The topological polar surface area (TPSA) is 119 Å². The number of hydroxylamine groups is 1. The second-order valence-electron chi connectivity index (χ2n) is 2.48. The van der Waals surface area contributed by atoms with Crippen LogP contribution in [0.15, 0.2) is 0 Å². The summed E-state index contributed by atoms with van der Waals surface area (Å²) in [7, 11) is 0. The highest BCUT2D eigenvalue weighted by Crippen LogP contribution is 2.00. The van der Waals surface area contributed by atoms with Crippen molar-refractivity contribution in [3.05, 3.63) is 5.21 Å². The fraction of sp³-hybridized carbons (Fsp3) is 0.833. The van der Waals surface area contributed by atoms with Crippen LogP contribution in [0.25, 0.3) is 0 Å². The zero-order valence-corrected chi connectivity index (χ0v) is 6.56. The molecule has 0 aromatic carbocycles. The first-order valence-corrected chi connectivity index (χ1v) is 3.60. The lowest BCUT2D eigenvalue weighted by atomic mass is 10.1. The summed E-state index contributed by atoms with van der Waals surface area (Å²) in [6.45, 7) is 0.0746. The number of aliphatic hydroxyl groups excluding tert-OH is 1. The first kappa shape index (κ1) is 11.3. The van der Waals surface area contributed by atoms with E-state index in [-0.39, 0.29) is 19.4 Å². The van der Waals surface area contributed by atoms with Crippen molar-refractivity contribution in [3.8, 4) is 0 Å². The Morgan fingerprint density at radius 3 is 2.50 bits per heavy atom. The van der Waals surface area contributed by atoms with E-state index in [1.165, 1.54) is 5.48 Å². The molecule has 0 saturated heterocycles. The second kappa shape index (κ2) is 5.90. The molecule has 72 valence electrons. The van der Waals surface area contributed by atoms with Gasteiger partial charge in [0.1, 0.15) is 0 Å². The van der Waals surface area contributed by atoms with E-state index in [0.717, 1.165) is 0 Å². The average molecular weight is 177 g/mol. The Labute approximate surface area is 70.0 Å². The van der Waals surface area contributed by atoms with Crippen molar-refractivity contribution < 1.29 is 15.0 Å². The van der Waals surface area contributed by atoms with Crippen molar-refractivity contribution in [1.82, 2.24) is 5.48 Å². The number of carboxylic acids is 1. The van der Waals surface area contributed by atoms with Crippen LogP contribution in [0.5, 0.6) is 0 Å². The van der Waals surface area contributed by atoms with E-state index in [0.29, 0.717) is 0 Å². The maximum atomic E-state index is 10.3. The molecule has 0 rings (SSSR count). The summed E-state index contributed by atoms with van der Waals surface area (Å²) in [5.41, 5.74) is 6.46. The van der Waals surface area contributed by atoms with Crippen molar-refractivity contribution >= 4 is 5.97 Å². The fourth-order valence-electron chi connectivity index (χ4n) is 0.710. The molecule has 0 aliphatic carbocycles. The van der Waals surface area contributed by atoms with Crippen LogP contribution in [0, 0.1) is 5.21 Å². The van der Waals surface area contributed by atoms with Crippen LogP contribution in [-0.2, 0) is 4.79 Å². The van der Waals surface area contributed by atoms with Gasteiger partial charge >= 0.3 is 5.97 Å². The summed E-state index contributed by atoms with van der Waals surface area (Å²) in [4.78, 5) is 10.3. The summed E-state index contributed by atoms with van der Waals surface area (Å²) >= 11 is 0. The molecule has 12 heavy (non-hydrogen) atoms. The number of carbonyl (C=O) groups is 1. The van der Waals surface area contributed by atoms with Crippen molar-refractivity contribution in [1.29, 1.82) is 0 Å². The molecule has 0 radical (unpaired) electrons. The highest BCUT2D eigenvalue weighted by molar-refractivity contribution is 5.73. The summed E-state index contributed by atoms with van der Waals surface area (Å²) in [5, 5.41) is 27.3. The van der Waals surface area contributed by atoms with E-state index in [4.69, 9.17) is 15.9 Å². The Balaban J connectivity index is 3.65. The van der Waals surface area contributed by atoms with Crippen LogP contribution in [0.4, 0.5) is 0 Å². The Hall–Kier alpha value is -0.690. The number of hydrogen-bond donors (Lipinski definition) is 4. The number of nitrogens with two attached hydrogens (primary N) is 1. The highest BCUT2D eigenvalue weighted by Gasteiger charge is 2.13. The highest BCUT2D eigenvalue weighted by atomic mass is 16.5. The molecular formula is C6H13N2O4-. The van der Waals surface area contributed by atoms with Gasteiger partial charge in [-0.15, -0.1) is 0 Å². The third-order valence-electron chi connectivity index (χ3n) is 1.50. The van der Waals surface area contributed by atoms with Gasteiger partial charge in [-0.1, -0.05) is 0 Å². The molecule has 0 aliphatic heterocycles. The molecular weight excluding hydrogens is 164 g/mol. The van der Waals surface area contributed by atoms with Gasteiger partial charge in [-0.3, -0.25) is 4.79 Å². The van der Waals surface area contributed by atoms with Gasteiger partial charge in [0.05, 0.1) is 12.1 Å². The van der Waals surface area contributed by atoms with Gasteiger partial charge < -0.3 is 26.6 Å². The fourth-order valence-corrected chi connectivity index (χ4v) is 0.710. The molecule has 0 aromatic heterocycles. The number of hydrogen-bond acceptors (Lipinski definition) is 5. The van der Waals surface area contributed by atoms with Crippen LogP contribution in [0.2, 0.25) is 0 Å². The van der Waals surface area contributed by atoms with Crippen molar-refractivity contribution in [2.45, 2.75) is 25.0 Å². The van der Waals surface area contributed by atoms with Gasteiger partial charge in [-0.25, -0.2) is 0 Å². The molecule has 6 nitrogen and oxygen atoms in total. The summed E-state index contributed by atoms with van der Waals surface area (Å²) < 4.78 is 0. The lowest BCUT2D eigenvalue weighted by molar-refractivity contribution is -0.139. The lowest BCUT2D eigenvalue weighted by Gasteiger charge is -2.18. The monoisotopic (exact) mass is 177 g/mol. The van der Waals surface area contributed by atoms with E-state index in [1.807, 2.05) is 0 Å². The summed E-state index contributed by atoms with van der Waals surface area (Å²) in [6, 6.07) is -1.15. The second-order valence-corrected chi connectivity index (χ2v) is 2.48. The molecule has 0 fully saturated rings. The van der Waals surface area contributed by atoms with Crippen LogP contribution in [0.1, 0.15) is 12.8 Å². The Bertz CT molecular complexity index is 142. The molecule has 0 unspecified atom stereocenters. The minimum absolute atomic E-state index is 0.0746. The van der Waals surface area contributed by atoms with Crippen LogP contribution in [-0.4, -0.2) is 34.9 Å². The average Bonchev–Trinajstić information content (AvgIpc) is 2.04. The normalized spacial score (nSPS) is 15.6. The number of aliphatic hydroxyl groups is 1. The van der Waals surface area contributed by atoms with E-state index in [9.17, 15) is 10.0 Å². The standard InChI is InChI=1S/C6H13N2O4/c7-3-4(9)1-2-5(8-12)6(10)11/h4-5,8-9H,1-3,7H2,(H,10,11)/q-1/t4-,5+/m1/s1. The Morgan fingerprint density at radius 1 is 1.58 bits per heavy atom. The molecule has 0 aliphatic rings. The quantitative estimate of drug-likeness (QED) is 0.371.